The van der Waals surface area contributed by atoms with Crippen LogP contribution < -0.4 is 0 Å². The van der Waals surface area contributed by atoms with Gasteiger partial charge in [-0.3, -0.25) is 9.59 Å². The number of fused-ring (bicyclic) bond motifs is 1. The van der Waals surface area contributed by atoms with Crippen LogP contribution in [0.5, 0.6) is 0 Å². The van der Waals surface area contributed by atoms with Crippen molar-refractivity contribution in [1.82, 2.24) is 9.80 Å². The molecule has 2 fully saturated rings. The lowest BCUT2D eigenvalue weighted by Crippen LogP contribution is -2.68. The Morgan fingerprint density at radius 2 is 1.78 bits per heavy atom. The van der Waals surface area contributed by atoms with E-state index in [-0.39, 0.29) is 35.4 Å². The predicted octanol–water partition coefficient (Wildman–Crippen LogP) is 1.64. The molecule has 0 radical (unpaired) electrons. The lowest BCUT2D eigenvalue weighted by Gasteiger charge is -2.49. The molecule has 18 heavy (non-hydrogen) atoms. The Bertz CT molecular complexity index is 370. The number of hydrogen-bond acceptors (Lipinski definition) is 2. The molecule has 0 aromatic carbocycles. The highest BCUT2D eigenvalue weighted by Gasteiger charge is 2.51. The molecule has 2 atom stereocenters. The third-order valence-corrected chi connectivity index (χ3v) is 3.94. The molecule has 4 heteroatoms. The molecule has 2 aliphatic rings. The average Bonchev–Trinajstić information content (AvgIpc) is 2.69. The topological polar surface area (TPSA) is 40.6 Å². The first-order valence-corrected chi connectivity index (χ1v) is 6.89. The lowest BCUT2D eigenvalue weighted by atomic mass is 9.90. The molecule has 0 aromatic rings. The monoisotopic (exact) mass is 252 g/mol. The molecule has 4 nitrogen and oxygen atoms in total. The van der Waals surface area contributed by atoms with E-state index >= 15 is 0 Å². The Kier molecular flexibility index (Phi) is 3.16. The highest BCUT2D eigenvalue weighted by Crippen LogP contribution is 2.33. The van der Waals surface area contributed by atoms with Gasteiger partial charge in [-0.1, -0.05) is 13.8 Å². The minimum atomic E-state index is -0.299. The van der Waals surface area contributed by atoms with E-state index in [9.17, 15) is 9.59 Å². The van der Waals surface area contributed by atoms with Crippen LogP contribution in [0.2, 0.25) is 0 Å². The van der Waals surface area contributed by atoms with Crippen LogP contribution in [-0.4, -0.2) is 45.8 Å². The SMILES string of the molecule is CC(C)C1C(=O)N2CCCC2C(=O)N1C(C)(C)C. The number of amides is 2. The summed E-state index contributed by atoms with van der Waals surface area (Å²) in [5.74, 6) is 0.433. The van der Waals surface area contributed by atoms with Crippen LogP contribution in [0.15, 0.2) is 0 Å². The molecular weight excluding hydrogens is 228 g/mol. The van der Waals surface area contributed by atoms with Crippen LogP contribution >= 0.6 is 0 Å². The molecule has 0 bridgehead atoms. The first kappa shape index (κ1) is 13.4. The van der Waals surface area contributed by atoms with E-state index in [1.54, 1.807) is 4.90 Å². The van der Waals surface area contributed by atoms with E-state index in [4.69, 9.17) is 0 Å². The summed E-state index contributed by atoms with van der Waals surface area (Å²) in [4.78, 5) is 28.9. The van der Waals surface area contributed by atoms with Gasteiger partial charge in [0.1, 0.15) is 12.1 Å². The molecule has 2 amide bonds. The zero-order chi connectivity index (χ0) is 13.7. The summed E-state index contributed by atoms with van der Waals surface area (Å²) in [6.07, 6.45) is 1.77. The fourth-order valence-corrected chi connectivity index (χ4v) is 3.20. The summed E-state index contributed by atoms with van der Waals surface area (Å²) in [5.41, 5.74) is -0.295. The molecule has 2 saturated heterocycles. The molecule has 0 aliphatic carbocycles. The second-order valence-corrected chi connectivity index (χ2v) is 6.76. The van der Waals surface area contributed by atoms with Gasteiger partial charge in [-0.15, -0.1) is 0 Å². The number of nitrogens with zero attached hydrogens (tertiary/aromatic N) is 2. The predicted molar refractivity (Wildman–Crippen MR) is 70.0 cm³/mol. The Balaban J connectivity index is 2.41. The third-order valence-electron chi connectivity index (χ3n) is 3.94. The van der Waals surface area contributed by atoms with Gasteiger partial charge in [0, 0.05) is 12.1 Å². The highest BCUT2D eigenvalue weighted by atomic mass is 16.2. The molecule has 2 heterocycles. The van der Waals surface area contributed by atoms with Gasteiger partial charge < -0.3 is 9.80 Å². The Morgan fingerprint density at radius 3 is 2.28 bits per heavy atom. The zero-order valence-electron chi connectivity index (χ0n) is 12.1. The smallest absolute Gasteiger partial charge is 0.246 e. The standard InChI is InChI=1S/C14H24N2O2/c1-9(2)11-13(18)15-8-6-7-10(15)12(17)16(11)14(3,4)5/h9-11H,6-8H2,1-5H3. The van der Waals surface area contributed by atoms with Crippen molar-refractivity contribution >= 4 is 11.8 Å². The van der Waals surface area contributed by atoms with Crippen molar-refractivity contribution in [3.8, 4) is 0 Å². The summed E-state index contributed by atoms with van der Waals surface area (Å²) in [6.45, 7) is 10.8. The molecule has 2 unspecified atom stereocenters. The number of rotatable bonds is 1. The maximum atomic E-state index is 12.6. The minimum Gasteiger partial charge on any atom is -0.329 e. The highest BCUT2D eigenvalue weighted by molar-refractivity contribution is 5.98. The maximum Gasteiger partial charge on any atom is 0.246 e. The van der Waals surface area contributed by atoms with E-state index in [1.165, 1.54) is 0 Å². The molecule has 102 valence electrons. The van der Waals surface area contributed by atoms with E-state index in [1.807, 2.05) is 39.5 Å². The van der Waals surface area contributed by atoms with E-state index in [0.717, 1.165) is 19.4 Å². The van der Waals surface area contributed by atoms with E-state index < -0.39 is 0 Å². The fourth-order valence-electron chi connectivity index (χ4n) is 3.20. The van der Waals surface area contributed by atoms with Crippen LogP contribution in [0.25, 0.3) is 0 Å². The zero-order valence-corrected chi connectivity index (χ0v) is 12.1. The normalized spacial score (nSPS) is 29.2. The van der Waals surface area contributed by atoms with Crippen molar-refractivity contribution < 1.29 is 9.59 Å². The first-order valence-electron chi connectivity index (χ1n) is 6.89. The summed E-state index contributed by atoms with van der Waals surface area (Å²) in [6, 6.07) is -0.501. The van der Waals surface area contributed by atoms with Crippen LogP contribution in [0.4, 0.5) is 0 Å². The Labute approximate surface area is 109 Å². The molecule has 0 saturated carbocycles. The Hall–Kier alpha value is -1.06. The molecule has 0 N–H and O–H groups in total. The Morgan fingerprint density at radius 1 is 1.17 bits per heavy atom. The summed E-state index contributed by atoms with van der Waals surface area (Å²) in [5, 5.41) is 0. The number of hydrogen-bond donors (Lipinski definition) is 0. The lowest BCUT2D eigenvalue weighted by molar-refractivity contribution is -0.167. The van der Waals surface area contributed by atoms with Crippen LogP contribution in [0.3, 0.4) is 0 Å². The number of piperazine rings is 1. The molecule has 2 rings (SSSR count). The van der Waals surface area contributed by atoms with Gasteiger partial charge in [0.25, 0.3) is 0 Å². The van der Waals surface area contributed by atoms with Crippen molar-refractivity contribution in [2.75, 3.05) is 6.54 Å². The molecule has 0 spiro atoms. The van der Waals surface area contributed by atoms with Crippen molar-refractivity contribution in [3.63, 3.8) is 0 Å². The van der Waals surface area contributed by atoms with Gasteiger partial charge in [-0.25, -0.2) is 0 Å². The van der Waals surface area contributed by atoms with Crippen LogP contribution in [-0.2, 0) is 9.59 Å². The number of carbonyl (C=O) groups excluding carboxylic acids is 2. The van der Waals surface area contributed by atoms with Gasteiger partial charge >= 0.3 is 0 Å². The summed E-state index contributed by atoms with van der Waals surface area (Å²) < 4.78 is 0. The molecular formula is C14H24N2O2. The van der Waals surface area contributed by atoms with Gasteiger partial charge in [-0.05, 0) is 39.5 Å². The van der Waals surface area contributed by atoms with Gasteiger partial charge in [-0.2, -0.15) is 0 Å². The van der Waals surface area contributed by atoms with Crippen molar-refractivity contribution in [1.29, 1.82) is 0 Å². The molecule has 2 aliphatic heterocycles. The minimum absolute atomic E-state index is 0.137. The van der Waals surface area contributed by atoms with Gasteiger partial charge in [0.05, 0.1) is 0 Å². The second kappa shape index (κ2) is 4.25. The van der Waals surface area contributed by atoms with Crippen molar-refractivity contribution in [2.24, 2.45) is 5.92 Å². The maximum absolute atomic E-state index is 12.6. The van der Waals surface area contributed by atoms with Gasteiger partial charge in [0.15, 0.2) is 0 Å². The van der Waals surface area contributed by atoms with Crippen LogP contribution in [0.1, 0.15) is 47.5 Å². The van der Waals surface area contributed by atoms with Crippen molar-refractivity contribution in [2.45, 2.75) is 65.1 Å². The third kappa shape index (κ3) is 1.91. The van der Waals surface area contributed by atoms with E-state index in [2.05, 4.69) is 0 Å². The quantitative estimate of drug-likeness (QED) is 0.712. The first-order chi connectivity index (χ1) is 8.25. The largest absolute Gasteiger partial charge is 0.329 e. The van der Waals surface area contributed by atoms with Crippen molar-refractivity contribution in [3.05, 3.63) is 0 Å². The number of carbonyl (C=O) groups is 2. The average molecular weight is 252 g/mol. The van der Waals surface area contributed by atoms with E-state index in [0.29, 0.717) is 0 Å². The summed E-state index contributed by atoms with van der Waals surface area (Å²) in [7, 11) is 0. The van der Waals surface area contributed by atoms with Crippen LogP contribution in [0, 0.1) is 5.92 Å². The fraction of sp³-hybridized carbons (Fsp3) is 0.857. The molecule has 0 aromatic heterocycles. The summed E-state index contributed by atoms with van der Waals surface area (Å²) >= 11 is 0. The van der Waals surface area contributed by atoms with Gasteiger partial charge in [0.2, 0.25) is 11.8 Å². The second-order valence-electron chi connectivity index (χ2n) is 6.76.